The van der Waals surface area contributed by atoms with Gasteiger partial charge in [0.05, 0.1) is 17.6 Å². The molecule has 0 heterocycles. The molecule has 1 atom stereocenters. The molecule has 1 N–H and O–H groups in total. The quantitative estimate of drug-likeness (QED) is 0.481. The number of anilines is 2. The van der Waals surface area contributed by atoms with E-state index < -0.39 is 22.0 Å². The first-order chi connectivity index (χ1) is 15.2. The summed E-state index contributed by atoms with van der Waals surface area (Å²) in [6, 6.07) is 20.6. The van der Waals surface area contributed by atoms with E-state index in [4.69, 9.17) is 11.6 Å². The minimum atomic E-state index is -3.76. The molecular formula is C24H23ClN2O4S. The van der Waals surface area contributed by atoms with E-state index in [1.54, 1.807) is 73.7 Å². The van der Waals surface area contributed by atoms with Crippen molar-refractivity contribution in [3.63, 3.8) is 0 Å². The summed E-state index contributed by atoms with van der Waals surface area (Å²) in [5, 5.41) is 3.08. The highest BCUT2D eigenvalue weighted by Crippen LogP contribution is 2.26. The Bertz CT molecular complexity index is 1220. The van der Waals surface area contributed by atoms with Crippen LogP contribution in [0.25, 0.3) is 0 Å². The number of carbonyl (C=O) groups is 2. The van der Waals surface area contributed by atoms with Crippen molar-refractivity contribution in [3.8, 4) is 0 Å². The topological polar surface area (TPSA) is 83.6 Å². The molecule has 8 heteroatoms. The fourth-order valence-electron chi connectivity index (χ4n) is 3.41. The smallest absolute Gasteiger partial charge is 0.248 e. The summed E-state index contributed by atoms with van der Waals surface area (Å²) in [5.41, 5.74) is 1.30. The number of carbonyl (C=O) groups excluding carboxylic acids is 2. The number of ketones is 1. The normalized spacial score (nSPS) is 12.1. The molecule has 3 rings (SSSR count). The van der Waals surface area contributed by atoms with E-state index in [1.807, 2.05) is 0 Å². The second-order valence-corrected chi connectivity index (χ2v) is 9.49. The van der Waals surface area contributed by atoms with Crippen molar-refractivity contribution < 1.29 is 18.0 Å². The maximum absolute atomic E-state index is 13.2. The van der Waals surface area contributed by atoms with Crippen LogP contribution in [0.15, 0.2) is 78.9 Å². The second kappa shape index (κ2) is 9.97. The number of amides is 1. The Hall–Kier alpha value is -3.16. The van der Waals surface area contributed by atoms with Gasteiger partial charge in [0.2, 0.25) is 15.9 Å². The van der Waals surface area contributed by atoms with Crippen LogP contribution < -0.4 is 9.62 Å². The van der Waals surface area contributed by atoms with E-state index in [2.05, 4.69) is 5.32 Å². The van der Waals surface area contributed by atoms with Crippen LogP contribution in [0.5, 0.6) is 0 Å². The van der Waals surface area contributed by atoms with E-state index in [0.717, 1.165) is 10.6 Å². The molecule has 0 saturated carbocycles. The summed E-state index contributed by atoms with van der Waals surface area (Å²) in [4.78, 5) is 26.3. The Kier molecular flexibility index (Phi) is 7.33. The first-order valence-electron chi connectivity index (χ1n) is 9.97. The highest BCUT2D eigenvalue weighted by molar-refractivity contribution is 7.92. The number of para-hydroxylation sites is 1. The van der Waals surface area contributed by atoms with Gasteiger partial charge in [0.25, 0.3) is 0 Å². The van der Waals surface area contributed by atoms with E-state index in [1.165, 1.54) is 12.1 Å². The van der Waals surface area contributed by atoms with Crippen molar-refractivity contribution in [1.82, 2.24) is 0 Å². The van der Waals surface area contributed by atoms with Crippen molar-refractivity contribution in [1.29, 1.82) is 0 Å². The number of nitrogens with zero attached hydrogens (tertiary/aromatic N) is 1. The number of sulfonamides is 1. The number of hydrogen-bond acceptors (Lipinski definition) is 4. The Morgan fingerprint density at radius 3 is 2.12 bits per heavy atom. The van der Waals surface area contributed by atoms with Crippen LogP contribution in [0.1, 0.15) is 29.3 Å². The standard InChI is InChI=1S/C24H23ClN2O4S/c1-3-22(27(32(2,30)31)19-12-8-5-9-13-19)24(29)26-21-15-14-18(25)16-20(21)23(28)17-10-6-4-7-11-17/h4-16,22H,3H2,1-2H3,(H,26,29)/t22-/m0/s1. The number of benzene rings is 3. The zero-order valence-electron chi connectivity index (χ0n) is 17.7. The number of nitrogens with one attached hydrogen (secondary N) is 1. The zero-order valence-corrected chi connectivity index (χ0v) is 19.2. The van der Waals surface area contributed by atoms with Crippen molar-refractivity contribution in [2.45, 2.75) is 19.4 Å². The minimum absolute atomic E-state index is 0.220. The molecule has 6 nitrogen and oxygen atoms in total. The molecule has 0 fully saturated rings. The second-order valence-electron chi connectivity index (χ2n) is 7.19. The third-order valence-corrected chi connectivity index (χ3v) is 6.28. The molecule has 0 aliphatic heterocycles. The van der Waals surface area contributed by atoms with Crippen LogP contribution in [0.2, 0.25) is 5.02 Å². The van der Waals surface area contributed by atoms with Crippen molar-refractivity contribution in [2.75, 3.05) is 15.9 Å². The molecule has 0 spiro atoms. The molecule has 0 aliphatic rings. The first-order valence-corrected chi connectivity index (χ1v) is 12.2. The molecule has 0 aromatic heterocycles. The Morgan fingerprint density at radius 1 is 0.969 bits per heavy atom. The Labute approximate surface area is 192 Å². The van der Waals surface area contributed by atoms with Crippen LogP contribution in [-0.4, -0.2) is 32.4 Å². The number of rotatable bonds is 8. The average molecular weight is 471 g/mol. The fraction of sp³-hybridized carbons (Fsp3) is 0.167. The van der Waals surface area contributed by atoms with Crippen LogP contribution in [0.3, 0.4) is 0 Å². The summed E-state index contributed by atoms with van der Waals surface area (Å²) in [5.74, 6) is -0.856. The number of halogens is 1. The predicted molar refractivity (Wildman–Crippen MR) is 128 cm³/mol. The van der Waals surface area contributed by atoms with Gasteiger partial charge in [-0.1, -0.05) is 67.1 Å². The third-order valence-electron chi connectivity index (χ3n) is 4.86. The highest BCUT2D eigenvalue weighted by Gasteiger charge is 2.32. The van der Waals surface area contributed by atoms with E-state index in [9.17, 15) is 18.0 Å². The summed E-state index contributed by atoms with van der Waals surface area (Å²) < 4.78 is 26.2. The van der Waals surface area contributed by atoms with Gasteiger partial charge in [0.15, 0.2) is 5.78 Å². The predicted octanol–water partition coefficient (Wildman–Crippen LogP) is 4.75. The van der Waals surface area contributed by atoms with Gasteiger partial charge in [-0.05, 0) is 36.8 Å². The molecule has 166 valence electrons. The molecule has 0 radical (unpaired) electrons. The molecule has 0 aliphatic carbocycles. The van der Waals surface area contributed by atoms with E-state index in [-0.39, 0.29) is 23.5 Å². The molecular weight excluding hydrogens is 448 g/mol. The van der Waals surface area contributed by atoms with Crippen LogP contribution >= 0.6 is 11.6 Å². The largest absolute Gasteiger partial charge is 0.324 e. The SMILES string of the molecule is CC[C@@H](C(=O)Nc1ccc(Cl)cc1C(=O)c1ccccc1)N(c1ccccc1)S(C)(=O)=O. The van der Waals surface area contributed by atoms with E-state index in [0.29, 0.717) is 16.3 Å². The lowest BCUT2D eigenvalue weighted by molar-refractivity contribution is -0.117. The van der Waals surface area contributed by atoms with Crippen molar-refractivity contribution in [2.24, 2.45) is 0 Å². The maximum Gasteiger partial charge on any atom is 0.248 e. The van der Waals surface area contributed by atoms with Gasteiger partial charge in [0, 0.05) is 16.1 Å². The van der Waals surface area contributed by atoms with Crippen molar-refractivity contribution >= 4 is 44.7 Å². The molecule has 0 unspecified atom stereocenters. The summed E-state index contributed by atoms with van der Waals surface area (Å²) in [6.07, 6.45) is 1.28. The van der Waals surface area contributed by atoms with Crippen LogP contribution in [0.4, 0.5) is 11.4 Å². The molecule has 1 amide bonds. The maximum atomic E-state index is 13.2. The molecule has 3 aromatic rings. The average Bonchev–Trinajstić information content (AvgIpc) is 2.78. The van der Waals surface area contributed by atoms with Gasteiger partial charge in [0.1, 0.15) is 6.04 Å². The van der Waals surface area contributed by atoms with Crippen LogP contribution in [-0.2, 0) is 14.8 Å². The summed E-state index contributed by atoms with van der Waals surface area (Å²) in [7, 11) is -3.76. The van der Waals surface area contributed by atoms with Crippen LogP contribution in [0, 0.1) is 0 Å². The highest BCUT2D eigenvalue weighted by atomic mass is 35.5. The fourth-order valence-corrected chi connectivity index (χ4v) is 4.79. The Balaban J connectivity index is 1.97. The first kappa shape index (κ1) is 23.5. The van der Waals surface area contributed by atoms with Gasteiger partial charge in [-0.3, -0.25) is 13.9 Å². The molecule has 0 bridgehead atoms. The zero-order chi connectivity index (χ0) is 23.3. The van der Waals surface area contributed by atoms with Gasteiger partial charge in [-0.2, -0.15) is 0 Å². The van der Waals surface area contributed by atoms with Gasteiger partial charge < -0.3 is 5.32 Å². The molecule has 32 heavy (non-hydrogen) atoms. The number of hydrogen-bond donors (Lipinski definition) is 1. The van der Waals surface area contributed by atoms with Gasteiger partial charge in [-0.15, -0.1) is 0 Å². The summed E-state index contributed by atoms with van der Waals surface area (Å²) in [6.45, 7) is 1.73. The third kappa shape index (κ3) is 5.36. The lowest BCUT2D eigenvalue weighted by Crippen LogP contribution is -2.47. The van der Waals surface area contributed by atoms with Gasteiger partial charge in [-0.25, -0.2) is 8.42 Å². The molecule has 0 saturated heterocycles. The lowest BCUT2D eigenvalue weighted by Gasteiger charge is -2.30. The summed E-state index contributed by atoms with van der Waals surface area (Å²) >= 11 is 6.11. The van der Waals surface area contributed by atoms with Crippen molar-refractivity contribution in [3.05, 3.63) is 95.0 Å². The molecule has 3 aromatic carbocycles. The lowest BCUT2D eigenvalue weighted by atomic mass is 10.0. The van der Waals surface area contributed by atoms with Gasteiger partial charge >= 0.3 is 0 Å². The Morgan fingerprint density at radius 2 is 1.56 bits per heavy atom. The monoisotopic (exact) mass is 470 g/mol. The minimum Gasteiger partial charge on any atom is -0.324 e. The van der Waals surface area contributed by atoms with E-state index >= 15 is 0 Å².